The van der Waals surface area contributed by atoms with Crippen LogP contribution in [0.15, 0.2) is 76.8 Å². The summed E-state index contributed by atoms with van der Waals surface area (Å²) in [4.78, 5) is 14.5. The van der Waals surface area contributed by atoms with Gasteiger partial charge in [-0.15, -0.1) is 0 Å². The van der Waals surface area contributed by atoms with Crippen molar-refractivity contribution in [2.75, 3.05) is 10.7 Å². The van der Waals surface area contributed by atoms with Crippen molar-refractivity contribution >= 4 is 23.3 Å². The van der Waals surface area contributed by atoms with Gasteiger partial charge in [0.15, 0.2) is 0 Å². The van der Waals surface area contributed by atoms with E-state index >= 15 is 0 Å². The van der Waals surface area contributed by atoms with E-state index < -0.39 is 5.56 Å². The molecular formula is C19H15N5O. The molecule has 3 N–H and O–H groups in total. The first kappa shape index (κ1) is 16.0. The number of aromatic nitrogens is 1. The van der Waals surface area contributed by atoms with Gasteiger partial charge in [0.25, 0.3) is 5.56 Å². The Bertz CT molecular complexity index is 972. The van der Waals surface area contributed by atoms with E-state index in [9.17, 15) is 10.1 Å². The fourth-order valence-corrected chi connectivity index (χ4v) is 2.24. The largest absolute Gasteiger partial charge is 0.354 e. The number of nitriles is 1. The zero-order chi connectivity index (χ0) is 17.5. The lowest BCUT2D eigenvalue weighted by Crippen LogP contribution is -2.14. The molecule has 0 aliphatic carbocycles. The number of hydrogen-bond acceptors (Lipinski definition) is 5. The second kappa shape index (κ2) is 7.62. The van der Waals surface area contributed by atoms with Crippen LogP contribution in [-0.2, 0) is 0 Å². The molecular weight excluding hydrogens is 314 g/mol. The lowest BCUT2D eigenvalue weighted by molar-refractivity contribution is 1.20. The van der Waals surface area contributed by atoms with Gasteiger partial charge < -0.3 is 10.3 Å². The SMILES string of the molecule is N#Cc1c(Nc2ccccc2)c(/C=N\Nc2ccccc2)c[nH]c1=O. The van der Waals surface area contributed by atoms with Crippen LogP contribution in [0.5, 0.6) is 0 Å². The van der Waals surface area contributed by atoms with Crippen LogP contribution >= 0.6 is 0 Å². The molecule has 0 radical (unpaired) electrons. The van der Waals surface area contributed by atoms with E-state index in [1.165, 1.54) is 6.20 Å². The van der Waals surface area contributed by atoms with E-state index in [4.69, 9.17) is 0 Å². The molecule has 6 heteroatoms. The van der Waals surface area contributed by atoms with Gasteiger partial charge in [-0.3, -0.25) is 10.2 Å². The van der Waals surface area contributed by atoms with Gasteiger partial charge in [0.1, 0.15) is 11.6 Å². The predicted molar refractivity (Wildman–Crippen MR) is 99.2 cm³/mol. The Morgan fingerprint density at radius 2 is 1.64 bits per heavy atom. The number of para-hydroxylation sites is 2. The molecule has 3 aromatic rings. The maximum Gasteiger partial charge on any atom is 0.268 e. The van der Waals surface area contributed by atoms with E-state index in [0.717, 1.165) is 11.4 Å². The van der Waals surface area contributed by atoms with Gasteiger partial charge in [-0.05, 0) is 24.3 Å². The van der Waals surface area contributed by atoms with Crippen LogP contribution in [0.25, 0.3) is 0 Å². The van der Waals surface area contributed by atoms with Gasteiger partial charge in [0.05, 0.1) is 17.6 Å². The number of hydrazone groups is 1. The Morgan fingerprint density at radius 3 is 2.28 bits per heavy atom. The van der Waals surface area contributed by atoms with Crippen LogP contribution in [0, 0.1) is 11.3 Å². The maximum atomic E-state index is 11.9. The highest BCUT2D eigenvalue weighted by molar-refractivity contribution is 5.91. The second-order valence-corrected chi connectivity index (χ2v) is 5.16. The van der Waals surface area contributed by atoms with E-state index in [0.29, 0.717) is 11.3 Å². The molecule has 0 spiro atoms. The molecule has 0 aliphatic heterocycles. The molecule has 0 bridgehead atoms. The number of nitrogens with zero attached hydrogens (tertiary/aromatic N) is 2. The van der Waals surface area contributed by atoms with Crippen molar-refractivity contribution in [2.24, 2.45) is 5.10 Å². The monoisotopic (exact) mass is 329 g/mol. The van der Waals surface area contributed by atoms with Crippen molar-refractivity contribution in [1.29, 1.82) is 5.26 Å². The first-order valence-corrected chi connectivity index (χ1v) is 7.60. The summed E-state index contributed by atoms with van der Waals surface area (Å²) in [6.45, 7) is 0. The predicted octanol–water partition coefficient (Wildman–Crippen LogP) is 3.44. The summed E-state index contributed by atoms with van der Waals surface area (Å²) in [5.41, 5.74) is 5.07. The van der Waals surface area contributed by atoms with Crippen molar-refractivity contribution < 1.29 is 0 Å². The number of anilines is 3. The van der Waals surface area contributed by atoms with Crippen LogP contribution in [0.1, 0.15) is 11.1 Å². The van der Waals surface area contributed by atoms with Crippen LogP contribution < -0.4 is 16.3 Å². The smallest absolute Gasteiger partial charge is 0.268 e. The molecule has 122 valence electrons. The number of pyridine rings is 1. The van der Waals surface area contributed by atoms with Crippen molar-refractivity contribution in [3.63, 3.8) is 0 Å². The van der Waals surface area contributed by atoms with Crippen molar-refractivity contribution in [1.82, 2.24) is 4.98 Å². The Morgan fingerprint density at radius 1 is 1.00 bits per heavy atom. The molecule has 0 amide bonds. The van der Waals surface area contributed by atoms with Crippen LogP contribution in [0.4, 0.5) is 17.1 Å². The minimum absolute atomic E-state index is 0.00696. The quantitative estimate of drug-likeness (QED) is 0.494. The van der Waals surface area contributed by atoms with Crippen molar-refractivity contribution in [2.45, 2.75) is 0 Å². The molecule has 1 heterocycles. The molecule has 0 saturated carbocycles. The zero-order valence-corrected chi connectivity index (χ0v) is 13.2. The molecule has 2 aromatic carbocycles. The summed E-state index contributed by atoms with van der Waals surface area (Å²) in [7, 11) is 0. The van der Waals surface area contributed by atoms with E-state index in [-0.39, 0.29) is 5.56 Å². The molecule has 0 aliphatic rings. The average molecular weight is 329 g/mol. The highest BCUT2D eigenvalue weighted by Gasteiger charge is 2.11. The minimum atomic E-state index is -0.450. The van der Waals surface area contributed by atoms with E-state index in [2.05, 4.69) is 20.8 Å². The molecule has 25 heavy (non-hydrogen) atoms. The Labute approximate surface area is 144 Å². The number of aromatic amines is 1. The summed E-state index contributed by atoms with van der Waals surface area (Å²) < 4.78 is 0. The molecule has 1 aromatic heterocycles. The number of H-pyrrole nitrogens is 1. The van der Waals surface area contributed by atoms with Gasteiger partial charge >= 0.3 is 0 Å². The van der Waals surface area contributed by atoms with Gasteiger partial charge in [0, 0.05) is 17.4 Å². The molecule has 0 atom stereocenters. The van der Waals surface area contributed by atoms with Gasteiger partial charge in [-0.1, -0.05) is 36.4 Å². The highest BCUT2D eigenvalue weighted by Crippen LogP contribution is 2.21. The van der Waals surface area contributed by atoms with Crippen LogP contribution in [0.3, 0.4) is 0 Å². The number of hydrogen-bond donors (Lipinski definition) is 3. The summed E-state index contributed by atoms with van der Waals surface area (Å²) in [5.74, 6) is 0. The average Bonchev–Trinajstić information content (AvgIpc) is 2.65. The van der Waals surface area contributed by atoms with Crippen molar-refractivity contribution in [3.8, 4) is 6.07 Å². The van der Waals surface area contributed by atoms with Crippen molar-refractivity contribution in [3.05, 3.63) is 88.3 Å². The van der Waals surface area contributed by atoms with Crippen LogP contribution in [-0.4, -0.2) is 11.2 Å². The first-order chi connectivity index (χ1) is 12.3. The maximum absolute atomic E-state index is 11.9. The zero-order valence-electron chi connectivity index (χ0n) is 13.2. The third-order valence-electron chi connectivity index (χ3n) is 3.45. The third-order valence-corrected chi connectivity index (χ3v) is 3.45. The van der Waals surface area contributed by atoms with Gasteiger partial charge in [-0.25, -0.2) is 0 Å². The summed E-state index contributed by atoms with van der Waals surface area (Å²) in [6.07, 6.45) is 3.07. The standard InChI is InChI=1S/C19H15N5O/c20-11-17-18(23-15-7-3-1-4-8-15)14(12-21-19(17)25)13-22-24-16-9-5-2-6-10-16/h1-10,12-13,24H,(H2,21,23,25)/b22-13-. The number of benzene rings is 2. The van der Waals surface area contributed by atoms with E-state index in [1.54, 1.807) is 6.21 Å². The van der Waals surface area contributed by atoms with Gasteiger partial charge in [0.2, 0.25) is 0 Å². The lowest BCUT2D eigenvalue weighted by atomic mass is 10.1. The Balaban J connectivity index is 1.93. The third kappa shape index (κ3) is 3.92. The molecule has 0 unspecified atom stereocenters. The number of rotatable bonds is 5. The molecule has 6 nitrogen and oxygen atoms in total. The van der Waals surface area contributed by atoms with Gasteiger partial charge in [-0.2, -0.15) is 10.4 Å². The second-order valence-electron chi connectivity index (χ2n) is 5.16. The summed E-state index contributed by atoms with van der Waals surface area (Å²) >= 11 is 0. The normalized spacial score (nSPS) is 10.4. The summed E-state index contributed by atoms with van der Waals surface area (Å²) in [6, 6.07) is 20.7. The highest BCUT2D eigenvalue weighted by atomic mass is 16.1. The topological polar surface area (TPSA) is 93.1 Å². The number of nitrogens with one attached hydrogen (secondary N) is 3. The van der Waals surface area contributed by atoms with E-state index in [1.807, 2.05) is 66.7 Å². The first-order valence-electron chi connectivity index (χ1n) is 7.60. The lowest BCUT2D eigenvalue weighted by Gasteiger charge is -2.10. The minimum Gasteiger partial charge on any atom is -0.354 e. The molecule has 3 rings (SSSR count). The van der Waals surface area contributed by atoms with Crippen LogP contribution in [0.2, 0.25) is 0 Å². The fraction of sp³-hybridized carbons (Fsp3) is 0. The Kier molecular flexibility index (Phi) is 4.88. The molecule has 0 fully saturated rings. The fourth-order valence-electron chi connectivity index (χ4n) is 2.24. The Hall–Kier alpha value is -3.85. The molecule has 0 saturated heterocycles. The summed E-state index contributed by atoms with van der Waals surface area (Å²) in [5, 5.41) is 16.6.